The Labute approximate surface area is 110 Å². The quantitative estimate of drug-likeness (QED) is 0.706. The summed E-state index contributed by atoms with van der Waals surface area (Å²) in [5.74, 6) is 1.45. The van der Waals surface area contributed by atoms with Gasteiger partial charge in [0.2, 0.25) is 0 Å². The lowest BCUT2D eigenvalue weighted by Gasteiger charge is -2.39. The highest BCUT2D eigenvalue weighted by molar-refractivity contribution is 4.98. The van der Waals surface area contributed by atoms with Crippen molar-refractivity contribution in [2.45, 2.75) is 31.3 Å². The normalized spacial score (nSPS) is 30.3. The summed E-state index contributed by atoms with van der Waals surface area (Å²) in [5.41, 5.74) is 5.17. The molecule has 1 aliphatic heterocycles. The van der Waals surface area contributed by atoms with Crippen LogP contribution in [0.25, 0.3) is 0 Å². The Morgan fingerprint density at radius 3 is 2.11 bits per heavy atom. The van der Waals surface area contributed by atoms with Crippen molar-refractivity contribution in [2.75, 3.05) is 45.8 Å². The molecule has 1 heterocycles. The molecular formula is C14H27N3O. The van der Waals surface area contributed by atoms with Crippen LogP contribution in [0.15, 0.2) is 0 Å². The Hall–Kier alpha value is -0.160. The Balaban J connectivity index is 1.43. The summed E-state index contributed by atoms with van der Waals surface area (Å²) < 4.78 is 0. The maximum absolute atomic E-state index is 10.6. The number of β-amino-alcohol motifs (C(OH)–C–C–N with tert-alkyl or cyclic N) is 1. The molecule has 1 unspecified atom stereocenters. The average Bonchev–Trinajstić information content (AvgIpc) is 3.24. The first-order valence-corrected chi connectivity index (χ1v) is 7.57. The lowest BCUT2D eigenvalue weighted by molar-refractivity contribution is -0.0200. The molecule has 3 rings (SSSR count). The molecule has 18 heavy (non-hydrogen) atoms. The van der Waals surface area contributed by atoms with Crippen molar-refractivity contribution >= 4 is 0 Å². The second-order valence-electron chi connectivity index (χ2n) is 6.60. The van der Waals surface area contributed by atoms with Gasteiger partial charge < -0.3 is 15.7 Å². The van der Waals surface area contributed by atoms with Crippen LogP contribution in [0.1, 0.15) is 25.7 Å². The molecule has 0 bridgehead atoms. The molecule has 1 atom stereocenters. The van der Waals surface area contributed by atoms with Crippen molar-refractivity contribution in [1.82, 2.24) is 9.80 Å². The van der Waals surface area contributed by atoms with Crippen LogP contribution in [-0.4, -0.2) is 66.3 Å². The zero-order chi connectivity index (χ0) is 12.6. The van der Waals surface area contributed by atoms with Gasteiger partial charge in [0, 0.05) is 45.8 Å². The fourth-order valence-electron chi connectivity index (χ4n) is 3.16. The Morgan fingerprint density at radius 1 is 1.00 bits per heavy atom. The van der Waals surface area contributed by atoms with Gasteiger partial charge in [0.15, 0.2) is 0 Å². The van der Waals surface area contributed by atoms with E-state index in [9.17, 15) is 5.11 Å². The maximum Gasteiger partial charge on any atom is 0.0923 e. The number of aliphatic hydroxyl groups is 1. The number of nitrogens with two attached hydrogens (primary N) is 1. The van der Waals surface area contributed by atoms with Crippen LogP contribution in [-0.2, 0) is 0 Å². The van der Waals surface area contributed by atoms with Crippen LogP contribution < -0.4 is 5.73 Å². The van der Waals surface area contributed by atoms with Gasteiger partial charge in [-0.1, -0.05) is 0 Å². The van der Waals surface area contributed by atoms with Gasteiger partial charge in [-0.15, -0.1) is 0 Å². The van der Waals surface area contributed by atoms with E-state index in [-0.39, 0.29) is 0 Å². The monoisotopic (exact) mass is 253 g/mol. The van der Waals surface area contributed by atoms with E-state index in [4.69, 9.17) is 5.73 Å². The van der Waals surface area contributed by atoms with E-state index in [1.165, 1.54) is 32.5 Å². The minimum Gasteiger partial charge on any atom is -0.387 e. The minimum atomic E-state index is -0.612. The molecule has 0 aromatic carbocycles. The zero-order valence-corrected chi connectivity index (χ0v) is 11.4. The first kappa shape index (κ1) is 12.9. The summed E-state index contributed by atoms with van der Waals surface area (Å²) in [6.07, 6.45) is 5.20. The molecule has 104 valence electrons. The molecule has 4 heteroatoms. The highest BCUT2D eigenvalue weighted by Crippen LogP contribution is 2.39. The van der Waals surface area contributed by atoms with Gasteiger partial charge >= 0.3 is 0 Å². The van der Waals surface area contributed by atoms with Crippen molar-refractivity contribution in [1.29, 1.82) is 0 Å². The standard InChI is InChI=1S/C14H27N3O/c15-10-14(18,13-3-4-13)11-17-7-5-16(6-8-17)9-12-1-2-12/h12-13,18H,1-11,15H2. The van der Waals surface area contributed by atoms with Crippen LogP contribution in [0.4, 0.5) is 0 Å². The highest BCUT2D eigenvalue weighted by atomic mass is 16.3. The fraction of sp³-hybridized carbons (Fsp3) is 1.00. The Kier molecular flexibility index (Phi) is 3.63. The molecule has 0 aromatic heterocycles. The van der Waals surface area contributed by atoms with Gasteiger partial charge in [0.05, 0.1) is 5.60 Å². The Morgan fingerprint density at radius 2 is 1.61 bits per heavy atom. The summed E-state index contributed by atoms with van der Waals surface area (Å²) in [6, 6.07) is 0. The smallest absolute Gasteiger partial charge is 0.0923 e. The van der Waals surface area contributed by atoms with Gasteiger partial charge in [-0.05, 0) is 37.5 Å². The third kappa shape index (κ3) is 3.05. The predicted molar refractivity (Wildman–Crippen MR) is 72.3 cm³/mol. The Bertz CT molecular complexity index is 283. The first-order chi connectivity index (χ1) is 8.69. The lowest BCUT2D eigenvalue weighted by atomic mass is 9.97. The van der Waals surface area contributed by atoms with Crippen molar-refractivity contribution < 1.29 is 5.11 Å². The third-order valence-electron chi connectivity index (χ3n) is 4.87. The van der Waals surface area contributed by atoms with E-state index >= 15 is 0 Å². The SMILES string of the molecule is NCC(O)(CN1CCN(CC2CC2)CC1)C1CC1. The molecule has 4 nitrogen and oxygen atoms in total. The maximum atomic E-state index is 10.6. The van der Waals surface area contributed by atoms with Gasteiger partial charge in [-0.2, -0.15) is 0 Å². The van der Waals surface area contributed by atoms with E-state index in [1.807, 2.05) is 0 Å². The van der Waals surface area contributed by atoms with Crippen LogP contribution >= 0.6 is 0 Å². The van der Waals surface area contributed by atoms with E-state index in [0.29, 0.717) is 12.5 Å². The van der Waals surface area contributed by atoms with E-state index in [0.717, 1.165) is 38.4 Å². The van der Waals surface area contributed by atoms with E-state index in [1.54, 1.807) is 0 Å². The molecule has 1 saturated heterocycles. The van der Waals surface area contributed by atoms with Crippen LogP contribution in [0.3, 0.4) is 0 Å². The molecule has 2 saturated carbocycles. The van der Waals surface area contributed by atoms with Gasteiger partial charge in [0.1, 0.15) is 0 Å². The number of nitrogens with zero attached hydrogens (tertiary/aromatic N) is 2. The summed E-state index contributed by atoms with van der Waals surface area (Å²) in [4.78, 5) is 5.00. The first-order valence-electron chi connectivity index (χ1n) is 7.57. The second kappa shape index (κ2) is 5.08. The van der Waals surface area contributed by atoms with Crippen molar-refractivity contribution in [3.63, 3.8) is 0 Å². The van der Waals surface area contributed by atoms with Crippen LogP contribution in [0, 0.1) is 11.8 Å². The average molecular weight is 253 g/mol. The number of piperazine rings is 1. The van der Waals surface area contributed by atoms with Gasteiger partial charge in [0.25, 0.3) is 0 Å². The predicted octanol–water partition coefficient (Wildman–Crippen LogP) is 0.114. The van der Waals surface area contributed by atoms with Gasteiger partial charge in [-0.25, -0.2) is 0 Å². The minimum absolute atomic E-state index is 0.417. The topological polar surface area (TPSA) is 52.7 Å². The molecule has 3 fully saturated rings. The number of hydrogen-bond donors (Lipinski definition) is 2. The molecule has 3 aliphatic rings. The molecule has 2 aliphatic carbocycles. The van der Waals surface area contributed by atoms with Crippen molar-refractivity contribution in [3.05, 3.63) is 0 Å². The largest absolute Gasteiger partial charge is 0.387 e. The molecule has 0 amide bonds. The van der Waals surface area contributed by atoms with Crippen molar-refractivity contribution in [2.24, 2.45) is 17.6 Å². The molecule has 0 radical (unpaired) electrons. The summed E-state index contributed by atoms with van der Waals surface area (Å²) in [6.45, 7) is 7.04. The lowest BCUT2D eigenvalue weighted by Crippen LogP contribution is -2.55. The summed E-state index contributed by atoms with van der Waals surface area (Å²) in [7, 11) is 0. The highest BCUT2D eigenvalue weighted by Gasteiger charge is 2.44. The molecule has 3 N–H and O–H groups in total. The summed E-state index contributed by atoms with van der Waals surface area (Å²) >= 11 is 0. The van der Waals surface area contributed by atoms with E-state index < -0.39 is 5.60 Å². The molecule has 0 aromatic rings. The molecule has 0 spiro atoms. The van der Waals surface area contributed by atoms with Crippen LogP contribution in [0.5, 0.6) is 0 Å². The van der Waals surface area contributed by atoms with Crippen molar-refractivity contribution in [3.8, 4) is 0 Å². The number of rotatable bonds is 6. The number of hydrogen-bond acceptors (Lipinski definition) is 4. The van der Waals surface area contributed by atoms with E-state index in [2.05, 4.69) is 9.80 Å². The third-order valence-corrected chi connectivity index (χ3v) is 4.87. The zero-order valence-electron chi connectivity index (χ0n) is 11.4. The molecular weight excluding hydrogens is 226 g/mol. The second-order valence-corrected chi connectivity index (χ2v) is 6.60. The van der Waals surface area contributed by atoms with Crippen LogP contribution in [0.2, 0.25) is 0 Å². The van der Waals surface area contributed by atoms with Gasteiger partial charge in [-0.3, -0.25) is 4.90 Å². The fourth-order valence-corrected chi connectivity index (χ4v) is 3.16. The summed E-state index contributed by atoms with van der Waals surface area (Å²) in [5, 5.41) is 10.6.